The van der Waals surface area contributed by atoms with E-state index in [1.54, 1.807) is 24.3 Å². The number of hydrogen-bond donors (Lipinski definition) is 1. The molecule has 1 aromatic heterocycles. The Morgan fingerprint density at radius 3 is 2.42 bits per heavy atom. The topological polar surface area (TPSA) is 59.8 Å². The van der Waals surface area contributed by atoms with E-state index in [4.69, 9.17) is 23.2 Å². The molecule has 1 N–H and O–H groups in total. The number of halogens is 2. The fourth-order valence-electron chi connectivity index (χ4n) is 2.97. The molecule has 4 rings (SSSR count). The van der Waals surface area contributed by atoms with Crippen molar-refractivity contribution in [3.63, 3.8) is 0 Å². The van der Waals surface area contributed by atoms with Crippen LogP contribution in [0.2, 0.25) is 10.0 Å². The Kier molecular flexibility index (Phi) is 6.61. The highest BCUT2D eigenvalue weighted by atomic mass is 35.5. The first kappa shape index (κ1) is 21.4. The quantitative estimate of drug-likeness (QED) is 0.338. The van der Waals surface area contributed by atoms with E-state index in [1.165, 1.54) is 11.8 Å². The van der Waals surface area contributed by atoms with Gasteiger partial charge in [0.2, 0.25) is 5.91 Å². The average molecular weight is 469 g/mol. The number of thioether (sulfide) groups is 1. The summed E-state index contributed by atoms with van der Waals surface area (Å²) in [5.74, 6) is 0.710. The van der Waals surface area contributed by atoms with E-state index >= 15 is 0 Å². The van der Waals surface area contributed by atoms with Crippen LogP contribution in [0.4, 0.5) is 5.69 Å². The Bertz CT molecular complexity index is 1210. The smallest absolute Gasteiger partial charge is 0.234 e. The lowest BCUT2D eigenvalue weighted by atomic mass is 10.1. The minimum absolute atomic E-state index is 0.158. The number of carbonyl (C=O) groups is 1. The van der Waals surface area contributed by atoms with Crippen molar-refractivity contribution in [3.8, 4) is 17.1 Å². The van der Waals surface area contributed by atoms with Crippen LogP contribution in [-0.2, 0) is 4.79 Å². The molecule has 1 heterocycles. The zero-order valence-electron chi connectivity index (χ0n) is 16.5. The first-order chi connectivity index (χ1) is 15.0. The minimum atomic E-state index is -0.158. The van der Waals surface area contributed by atoms with Gasteiger partial charge in [0.05, 0.1) is 5.75 Å². The van der Waals surface area contributed by atoms with Crippen LogP contribution in [0.1, 0.15) is 5.56 Å². The number of benzene rings is 3. The minimum Gasteiger partial charge on any atom is -0.325 e. The van der Waals surface area contributed by atoms with Gasteiger partial charge in [0.25, 0.3) is 0 Å². The first-order valence-corrected chi connectivity index (χ1v) is 11.2. The molecule has 0 atom stereocenters. The molecule has 4 aromatic rings. The van der Waals surface area contributed by atoms with Crippen LogP contribution in [0.15, 0.2) is 78.0 Å². The molecule has 0 aliphatic carbocycles. The van der Waals surface area contributed by atoms with Crippen molar-refractivity contribution in [1.82, 2.24) is 14.8 Å². The number of amides is 1. The van der Waals surface area contributed by atoms with Crippen LogP contribution in [0.5, 0.6) is 0 Å². The Labute approximate surface area is 194 Å². The number of aryl methyl sites for hydroxylation is 1. The van der Waals surface area contributed by atoms with Gasteiger partial charge in [0.1, 0.15) is 0 Å². The molecule has 0 aliphatic heterocycles. The molecule has 156 valence electrons. The van der Waals surface area contributed by atoms with Gasteiger partial charge in [0.15, 0.2) is 11.0 Å². The van der Waals surface area contributed by atoms with Crippen LogP contribution in [0.3, 0.4) is 0 Å². The second-order valence-corrected chi connectivity index (χ2v) is 8.65. The summed E-state index contributed by atoms with van der Waals surface area (Å²) >= 11 is 13.4. The van der Waals surface area contributed by atoms with Gasteiger partial charge in [-0.25, -0.2) is 0 Å². The van der Waals surface area contributed by atoms with E-state index in [9.17, 15) is 4.79 Å². The van der Waals surface area contributed by atoms with E-state index in [1.807, 2.05) is 60.0 Å². The van der Waals surface area contributed by atoms with Crippen molar-refractivity contribution in [2.45, 2.75) is 12.1 Å². The second-order valence-electron chi connectivity index (χ2n) is 6.83. The van der Waals surface area contributed by atoms with Gasteiger partial charge in [-0.15, -0.1) is 10.2 Å². The number of nitrogens with one attached hydrogen (secondary N) is 1. The summed E-state index contributed by atoms with van der Waals surface area (Å²) in [6, 6.07) is 22.5. The maximum atomic E-state index is 12.5. The third-order valence-electron chi connectivity index (χ3n) is 4.47. The van der Waals surface area contributed by atoms with Gasteiger partial charge >= 0.3 is 0 Å². The number of rotatable bonds is 6. The molecule has 0 radical (unpaired) electrons. The van der Waals surface area contributed by atoms with Gasteiger partial charge in [-0.1, -0.05) is 70.9 Å². The van der Waals surface area contributed by atoms with E-state index in [-0.39, 0.29) is 11.7 Å². The summed E-state index contributed by atoms with van der Waals surface area (Å²) in [6.45, 7) is 2.04. The fraction of sp³-hybridized carbons (Fsp3) is 0.0870. The zero-order valence-corrected chi connectivity index (χ0v) is 18.9. The third-order valence-corrected chi connectivity index (χ3v) is 5.88. The number of carbonyl (C=O) groups excluding carboxylic acids is 1. The predicted molar refractivity (Wildman–Crippen MR) is 127 cm³/mol. The molecule has 0 aliphatic rings. The van der Waals surface area contributed by atoms with E-state index in [0.717, 1.165) is 16.8 Å². The molecule has 0 saturated heterocycles. The highest BCUT2D eigenvalue weighted by molar-refractivity contribution is 7.99. The fourth-order valence-corrected chi connectivity index (χ4v) is 4.04. The van der Waals surface area contributed by atoms with Crippen molar-refractivity contribution in [2.24, 2.45) is 0 Å². The van der Waals surface area contributed by atoms with Crippen LogP contribution in [-0.4, -0.2) is 26.4 Å². The molecule has 3 aromatic carbocycles. The molecule has 0 fully saturated rings. The SMILES string of the molecule is Cc1ccc(-c2nnc(SCC(=O)Nc3cccc(Cl)c3)n2-c2ccc(Cl)cc2)cc1. The normalized spacial score (nSPS) is 10.8. The predicted octanol–water partition coefficient (Wildman–Crippen LogP) is 6.28. The van der Waals surface area contributed by atoms with Crippen LogP contribution >= 0.6 is 35.0 Å². The molecule has 0 bridgehead atoms. The summed E-state index contributed by atoms with van der Waals surface area (Å²) in [4.78, 5) is 12.5. The number of hydrogen-bond acceptors (Lipinski definition) is 4. The van der Waals surface area contributed by atoms with Crippen molar-refractivity contribution >= 4 is 46.6 Å². The number of nitrogens with zero attached hydrogens (tertiary/aromatic N) is 3. The van der Waals surface area contributed by atoms with Gasteiger partial charge in [-0.2, -0.15) is 0 Å². The van der Waals surface area contributed by atoms with E-state index < -0.39 is 0 Å². The highest BCUT2D eigenvalue weighted by Gasteiger charge is 2.17. The Morgan fingerprint density at radius 1 is 0.968 bits per heavy atom. The second kappa shape index (κ2) is 9.56. The Hall–Kier alpha value is -2.80. The van der Waals surface area contributed by atoms with E-state index in [2.05, 4.69) is 15.5 Å². The maximum absolute atomic E-state index is 12.5. The van der Waals surface area contributed by atoms with Gasteiger partial charge < -0.3 is 5.32 Å². The number of anilines is 1. The maximum Gasteiger partial charge on any atom is 0.234 e. The summed E-state index contributed by atoms with van der Waals surface area (Å²) in [5.41, 5.74) is 3.61. The Balaban J connectivity index is 1.60. The molecule has 0 unspecified atom stereocenters. The van der Waals surface area contributed by atoms with Crippen molar-refractivity contribution in [1.29, 1.82) is 0 Å². The number of aromatic nitrogens is 3. The van der Waals surface area contributed by atoms with Gasteiger partial charge in [-0.3, -0.25) is 9.36 Å². The van der Waals surface area contributed by atoms with Crippen LogP contribution < -0.4 is 5.32 Å². The largest absolute Gasteiger partial charge is 0.325 e. The third kappa shape index (κ3) is 5.28. The molecule has 31 heavy (non-hydrogen) atoms. The molecule has 0 spiro atoms. The van der Waals surface area contributed by atoms with Crippen LogP contribution in [0, 0.1) is 6.92 Å². The monoisotopic (exact) mass is 468 g/mol. The molecular formula is C23H18Cl2N4OS. The molecular weight excluding hydrogens is 451 g/mol. The standard InChI is InChI=1S/C23H18Cl2N4OS/c1-15-5-7-16(8-6-15)22-27-28-23(29(22)20-11-9-17(24)10-12-20)31-14-21(30)26-19-4-2-3-18(25)13-19/h2-13H,14H2,1H3,(H,26,30). The van der Waals surface area contributed by atoms with E-state index in [0.29, 0.717) is 26.7 Å². The average Bonchev–Trinajstić information content (AvgIpc) is 3.17. The van der Waals surface area contributed by atoms with Crippen molar-refractivity contribution in [3.05, 3.63) is 88.4 Å². The van der Waals surface area contributed by atoms with Gasteiger partial charge in [-0.05, 0) is 49.4 Å². The lowest BCUT2D eigenvalue weighted by Gasteiger charge is -2.11. The van der Waals surface area contributed by atoms with Crippen molar-refractivity contribution < 1.29 is 4.79 Å². The molecule has 5 nitrogen and oxygen atoms in total. The summed E-state index contributed by atoms with van der Waals surface area (Å²) < 4.78 is 1.93. The lowest BCUT2D eigenvalue weighted by Crippen LogP contribution is -2.14. The first-order valence-electron chi connectivity index (χ1n) is 9.46. The molecule has 0 saturated carbocycles. The van der Waals surface area contributed by atoms with Crippen molar-refractivity contribution in [2.75, 3.05) is 11.1 Å². The summed E-state index contributed by atoms with van der Waals surface area (Å²) in [5, 5.41) is 13.4. The lowest BCUT2D eigenvalue weighted by molar-refractivity contribution is -0.113. The molecule has 1 amide bonds. The highest BCUT2D eigenvalue weighted by Crippen LogP contribution is 2.29. The zero-order chi connectivity index (χ0) is 21.8. The van der Waals surface area contributed by atoms with Gasteiger partial charge in [0, 0.05) is 27.0 Å². The summed E-state index contributed by atoms with van der Waals surface area (Å²) in [6.07, 6.45) is 0. The molecule has 8 heteroatoms. The summed E-state index contributed by atoms with van der Waals surface area (Å²) in [7, 11) is 0. The Morgan fingerprint density at radius 2 is 1.71 bits per heavy atom. The van der Waals surface area contributed by atoms with Crippen LogP contribution in [0.25, 0.3) is 17.1 Å².